The molecule has 0 aromatic carbocycles. The first-order valence-corrected chi connectivity index (χ1v) is 10.7. The second-order valence-electron chi connectivity index (χ2n) is 7.52. The number of imidazole rings is 1. The molecule has 0 bridgehead atoms. The van der Waals surface area contributed by atoms with E-state index in [-0.39, 0.29) is 12.5 Å². The van der Waals surface area contributed by atoms with Gasteiger partial charge in [0.2, 0.25) is 5.91 Å². The lowest BCUT2D eigenvalue weighted by Crippen LogP contribution is -2.32. The van der Waals surface area contributed by atoms with Crippen LogP contribution in [0.3, 0.4) is 0 Å². The number of carboxylic acids is 2. The highest BCUT2D eigenvalue weighted by molar-refractivity contribution is 5.75. The zero-order valence-electron chi connectivity index (χ0n) is 19.3. The largest absolute Gasteiger partial charge is 0.481 e. The predicted molar refractivity (Wildman–Crippen MR) is 118 cm³/mol. The second-order valence-corrected chi connectivity index (χ2v) is 7.52. The molecule has 4 rings (SSSR count). The SMILES string of the molecule is CC(=O)O.CC(=O)O.NC(=O)Cc1nc(-c2cn3c(n2)CCNCC3)n(CC2COCCO2)n1. The van der Waals surface area contributed by atoms with Crippen molar-refractivity contribution >= 4 is 17.8 Å². The minimum Gasteiger partial charge on any atom is -0.481 e. The molecule has 2 aromatic rings. The van der Waals surface area contributed by atoms with Crippen LogP contribution in [-0.2, 0) is 49.8 Å². The number of carboxylic acid groups (broad SMARTS) is 2. The van der Waals surface area contributed by atoms with Crippen LogP contribution in [0.25, 0.3) is 11.5 Å². The first kappa shape index (κ1) is 26.9. The number of carbonyl (C=O) groups excluding carboxylic acids is 1. The first-order chi connectivity index (χ1) is 16.2. The summed E-state index contributed by atoms with van der Waals surface area (Å²) in [7, 11) is 0. The van der Waals surface area contributed by atoms with Gasteiger partial charge >= 0.3 is 0 Å². The van der Waals surface area contributed by atoms with Gasteiger partial charge in [0, 0.05) is 46.1 Å². The Morgan fingerprint density at radius 1 is 1.18 bits per heavy atom. The molecule has 2 aliphatic heterocycles. The predicted octanol–water partition coefficient (Wildman–Crippen LogP) is -1.09. The van der Waals surface area contributed by atoms with Crippen molar-refractivity contribution in [2.45, 2.75) is 45.9 Å². The molecular weight excluding hydrogens is 450 g/mol. The molecule has 5 N–H and O–H groups in total. The Morgan fingerprint density at radius 3 is 2.50 bits per heavy atom. The van der Waals surface area contributed by atoms with Gasteiger partial charge in [0.05, 0.1) is 32.8 Å². The quantitative estimate of drug-likeness (QED) is 0.405. The molecule has 0 spiro atoms. The maximum absolute atomic E-state index is 11.3. The van der Waals surface area contributed by atoms with E-state index in [4.69, 9.17) is 40.0 Å². The number of primary amides is 1. The van der Waals surface area contributed by atoms with Gasteiger partial charge in [-0.25, -0.2) is 14.6 Å². The van der Waals surface area contributed by atoms with E-state index in [2.05, 4.69) is 20.0 Å². The first-order valence-electron chi connectivity index (χ1n) is 10.7. The summed E-state index contributed by atoms with van der Waals surface area (Å²) in [5.74, 6) is -0.0797. The molecule has 0 radical (unpaired) electrons. The molecule has 1 fully saturated rings. The number of rotatable bonds is 5. The lowest BCUT2D eigenvalue weighted by molar-refractivity contribution is -0.135. The maximum Gasteiger partial charge on any atom is 0.300 e. The van der Waals surface area contributed by atoms with Crippen LogP contribution >= 0.6 is 0 Å². The molecule has 188 valence electrons. The van der Waals surface area contributed by atoms with Gasteiger partial charge in [-0.05, 0) is 0 Å². The monoisotopic (exact) mass is 481 g/mol. The van der Waals surface area contributed by atoms with Crippen LogP contribution in [0.15, 0.2) is 6.20 Å². The molecular formula is C20H31N7O7. The molecule has 14 heteroatoms. The van der Waals surface area contributed by atoms with Crippen molar-refractivity contribution in [1.29, 1.82) is 0 Å². The van der Waals surface area contributed by atoms with E-state index < -0.39 is 17.8 Å². The number of aromatic nitrogens is 5. The van der Waals surface area contributed by atoms with Crippen LogP contribution < -0.4 is 11.1 Å². The second kappa shape index (κ2) is 13.4. The Balaban J connectivity index is 0.000000446. The number of fused-ring (bicyclic) bond motifs is 1. The average molecular weight is 482 g/mol. The molecule has 2 aliphatic rings. The van der Waals surface area contributed by atoms with Crippen molar-refractivity contribution in [3.63, 3.8) is 0 Å². The summed E-state index contributed by atoms with van der Waals surface area (Å²) in [6, 6.07) is 0. The molecule has 0 saturated carbocycles. The molecule has 1 unspecified atom stereocenters. The van der Waals surface area contributed by atoms with Crippen LogP contribution in [-0.4, -0.2) is 91.4 Å². The minimum atomic E-state index is -0.833. The van der Waals surface area contributed by atoms with Crippen molar-refractivity contribution in [2.75, 3.05) is 32.9 Å². The van der Waals surface area contributed by atoms with Gasteiger partial charge in [0.25, 0.3) is 11.9 Å². The van der Waals surface area contributed by atoms with Gasteiger partial charge in [-0.1, -0.05) is 0 Å². The van der Waals surface area contributed by atoms with Gasteiger partial charge in [-0.3, -0.25) is 14.4 Å². The molecule has 2 aromatic heterocycles. The fourth-order valence-electron chi connectivity index (χ4n) is 3.25. The van der Waals surface area contributed by atoms with E-state index in [1.807, 2.05) is 6.20 Å². The normalized spacial score (nSPS) is 17.2. The fraction of sp³-hybridized carbons (Fsp3) is 0.600. The number of amides is 1. The zero-order valence-corrected chi connectivity index (χ0v) is 19.3. The highest BCUT2D eigenvalue weighted by atomic mass is 16.6. The lowest BCUT2D eigenvalue weighted by atomic mass is 10.3. The standard InChI is InChI=1S/C16H23N7O3.2C2H4O2/c17-13(24)7-14-20-16(23(21-14)8-11-10-25-5-6-26-11)12-9-22-4-3-18-2-1-15(22)19-12;2*1-2(3)4/h9,11,18H,1-8,10H2,(H2,17,24);2*1H3,(H,3,4). The Bertz CT molecular complexity index is 923. The van der Waals surface area contributed by atoms with Crippen LogP contribution in [0.2, 0.25) is 0 Å². The van der Waals surface area contributed by atoms with Gasteiger partial charge in [-0.2, -0.15) is 5.10 Å². The molecule has 1 amide bonds. The van der Waals surface area contributed by atoms with Gasteiger partial charge in [-0.15, -0.1) is 0 Å². The van der Waals surface area contributed by atoms with Crippen molar-refractivity contribution in [3.05, 3.63) is 17.8 Å². The van der Waals surface area contributed by atoms with Crippen molar-refractivity contribution in [1.82, 2.24) is 29.6 Å². The summed E-state index contributed by atoms with van der Waals surface area (Å²) in [6.07, 6.45) is 2.76. The number of nitrogens with two attached hydrogens (primary N) is 1. The number of nitrogens with one attached hydrogen (secondary N) is 1. The van der Waals surface area contributed by atoms with Crippen molar-refractivity contribution in [3.8, 4) is 11.5 Å². The number of nitrogens with zero attached hydrogens (tertiary/aromatic N) is 5. The minimum absolute atomic E-state index is 0.000487. The summed E-state index contributed by atoms with van der Waals surface area (Å²) < 4.78 is 15.1. The highest BCUT2D eigenvalue weighted by Crippen LogP contribution is 2.20. The fourth-order valence-corrected chi connectivity index (χ4v) is 3.25. The Labute approximate surface area is 196 Å². The van der Waals surface area contributed by atoms with E-state index in [0.29, 0.717) is 38.0 Å². The van der Waals surface area contributed by atoms with Crippen LogP contribution in [0.4, 0.5) is 0 Å². The van der Waals surface area contributed by atoms with Crippen LogP contribution in [0, 0.1) is 0 Å². The van der Waals surface area contributed by atoms with Crippen LogP contribution in [0.1, 0.15) is 25.5 Å². The van der Waals surface area contributed by atoms with E-state index >= 15 is 0 Å². The Kier molecular flexibility index (Phi) is 10.6. The lowest BCUT2D eigenvalue weighted by Gasteiger charge is -2.23. The Morgan fingerprint density at radius 2 is 1.88 bits per heavy atom. The molecule has 0 aliphatic carbocycles. The Hall–Kier alpha value is -3.36. The third kappa shape index (κ3) is 9.25. The summed E-state index contributed by atoms with van der Waals surface area (Å²) in [5.41, 5.74) is 6.06. The third-order valence-electron chi connectivity index (χ3n) is 4.45. The number of aliphatic carboxylic acids is 2. The topological polar surface area (TPSA) is 197 Å². The van der Waals surface area contributed by atoms with Gasteiger partial charge in [0.1, 0.15) is 17.6 Å². The summed E-state index contributed by atoms with van der Waals surface area (Å²) in [4.78, 5) is 38.5. The van der Waals surface area contributed by atoms with E-state index in [1.54, 1.807) is 4.68 Å². The molecule has 1 saturated heterocycles. The smallest absolute Gasteiger partial charge is 0.300 e. The van der Waals surface area contributed by atoms with Gasteiger partial charge < -0.3 is 35.3 Å². The molecule has 34 heavy (non-hydrogen) atoms. The maximum atomic E-state index is 11.3. The molecule has 1 atom stereocenters. The zero-order chi connectivity index (χ0) is 25.1. The molecule has 14 nitrogen and oxygen atoms in total. The highest BCUT2D eigenvalue weighted by Gasteiger charge is 2.22. The number of ether oxygens (including phenoxy) is 2. The molecule has 4 heterocycles. The number of hydrogen-bond donors (Lipinski definition) is 4. The van der Waals surface area contributed by atoms with Crippen molar-refractivity contribution in [2.24, 2.45) is 5.73 Å². The van der Waals surface area contributed by atoms with E-state index in [0.717, 1.165) is 51.4 Å². The summed E-state index contributed by atoms with van der Waals surface area (Å²) >= 11 is 0. The summed E-state index contributed by atoms with van der Waals surface area (Å²) in [5, 5.41) is 22.6. The average Bonchev–Trinajstić information content (AvgIpc) is 3.24. The van der Waals surface area contributed by atoms with Crippen molar-refractivity contribution < 1.29 is 34.1 Å². The van der Waals surface area contributed by atoms with E-state index in [1.165, 1.54) is 0 Å². The summed E-state index contributed by atoms with van der Waals surface area (Å²) in [6.45, 7) is 7.02. The van der Waals surface area contributed by atoms with Crippen LogP contribution in [0.5, 0.6) is 0 Å². The third-order valence-corrected chi connectivity index (χ3v) is 4.45. The van der Waals surface area contributed by atoms with E-state index in [9.17, 15) is 4.79 Å². The number of hydrogen-bond acceptors (Lipinski definition) is 9. The number of carbonyl (C=O) groups is 3. The van der Waals surface area contributed by atoms with Gasteiger partial charge in [0.15, 0.2) is 11.6 Å².